The number of nitrogens with zero attached hydrogens (tertiary/aromatic N) is 1. The number of hydrogen-bond donors (Lipinski definition) is 1. The van der Waals surface area contributed by atoms with Crippen molar-refractivity contribution in [3.63, 3.8) is 0 Å². The van der Waals surface area contributed by atoms with Crippen LogP contribution in [0.5, 0.6) is 0 Å². The smallest absolute Gasteiger partial charge is 0.0615 e. The van der Waals surface area contributed by atoms with E-state index in [-0.39, 0.29) is 0 Å². The monoisotopic (exact) mass is 188 g/mol. The Bertz CT molecular complexity index is 109. The number of ether oxygens (including phenoxy) is 1. The minimum absolute atomic E-state index is 0.534. The van der Waals surface area contributed by atoms with Crippen LogP contribution in [-0.4, -0.2) is 51.3 Å². The van der Waals surface area contributed by atoms with Gasteiger partial charge in [-0.25, -0.2) is 0 Å². The fourth-order valence-electron chi connectivity index (χ4n) is 1.50. The average Bonchev–Trinajstić information content (AvgIpc) is 2.13. The molecule has 1 N–H and O–H groups in total. The second kappa shape index (κ2) is 8.48. The van der Waals surface area contributed by atoms with Crippen molar-refractivity contribution < 1.29 is 4.74 Å². The molecular weight excluding hydrogens is 164 g/mol. The maximum Gasteiger partial charge on any atom is 0.0615 e. The third-order valence-electron chi connectivity index (χ3n) is 2.31. The lowest BCUT2D eigenvalue weighted by atomic mass is 10.2. The summed E-state index contributed by atoms with van der Waals surface area (Å²) in [7, 11) is 3.76. The van der Waals surface area contributed by atoms with Gasteiger partial charge in [0.2, 0.25) is 0 Å². The van der Waals surface area contributed by atoms with Gasteiger partial charge in [-0.05, 0) is 40.0 Å². The second-order valence-corrected chi connectivity index (χ2v) is 3.39. The molecule has 3 nitrogen and oxygen atoms in total. The van der Waals surface area contributed by atoms with Gasteiger partial charge >= 0.3 is 0 Å². The third kappa shape index (κ3) is 6.02. The van der Waals surface area contributed by atoms with Crippen molar-refractivity contribution >= 4 is 0 Å². The summed E-state index contributed by atoms with van der Waals surface area (Å²) in [6.45, 7) is 8.59. The molecule has 0 aromatic heterocycles. The molecule has 0 rings (SSSR count). The van der Waals surface area contributed by atoms with Crippen LogP contribution in [0.3, 0.4) is 0 Å². The third-order valence-corrected chi connectivity index (χ3v) is 2.31. The molecule has 3 heteroatoms. The van der Waals surface area contributed by atoms with Gasteiger partial charge in [0, 0.05) is 13.2 Å². The van der Waals surface area contributed by atoms with Crippen LogP contribution >= 0.6 is 0 Å². The summed E-state index contributed by atoms with van der Waals surface area (Å²) < 4.78 is 5.14. The van der Waals surface area contributed by atoms with Crippen LogP contribution in [0.1, 0.15) is 20.3 Å². The first kappa shape index (κ1) is 12.9. The largest absolute Gasteiger partial charge is 0.383 e. The van der Waals surface area contributed by atoms with E-state index in [2.05, 4.69) is 24.1 Å². The normalized spacial score (nSPS) is 13.6. The molecule has 13 heavy (non-hydrogen) atoms. The quantitative estimate of drug-likeness (QED) is 0.574. The van der Waals surface area contributed by atoms with Gasteiger partial charge in [-0.15, -0.1) is 0 Å². The maximum absolute atomic E-state index is 5.14. The van der Waals surface area contributed by atoms with Gasteiger partial charge < -0.3 is 10.1 Å². The summed E-state index contributed by atoms with van der Waals surface area (Å²) in [5, 5.41) is 3.16. The minimum Gasteiger partial charge on any atom is -0.383 e. The standard InChI is InChI=1S/C10H24N2O/c1-5-12(8-6-7-11-3)10(2)9-13-4/h10-11H,5-9H2,1-4H3. The van der Waals surface area contributed by atoms with Crippen LogP contribution < -0.4 is 5.32 Å². The molecule has 0 aromatic rings. The van der Waals surface area contributed by atoms with Crippen molar-refractivity contribution in [2.75, 3.05) is 40.4 Å². The summed E-state index contributed by atoms with van der Waals surface area (Å²) >= 11 is 0. The predicted octanol–water partition coefficient (Wildman–Crippen LogP) is 0.953. The van der Waals surface area contributed by atoms with Crippen molar-refractivity contribution in [3.05, 3.63) is 0 Å². The molecule has 0 aliphatic rings. The molecule has 1 unspecified atom stereocenters. The summed E-state index contributed by atoms with van der Waals surface area (Å²) in [6.07, 6.45) is 1.21. The van der Waals surface area contributed by atoms with E-state index in [1.165, 1.54) is 6.42 Å². The highest BCUT2D eigenvalue weighted by molar-refractivity contribution is 4.65. The van der Waals surface area contributed by atoms with E-state index in [1.807, 2.05) is 7.05 Å². The number of nitrogens with one attached hydrogen (secondary N) is 1. The molecule has 0 aliphatic carbocycles. The highest BCUT2D eigenvalue weighted by Gasteiger charge is 2.10. The Hall–Kier alpha value is -0.120. The highest BCUT2D eigenvalue weighted by Crippen LogP contribution is 1.99. The van der Waals surface area contributed by atoms with Gasteiger partial charge in [0.25, 0.3) is 0 Å². The Kier molecular flexibility index (Phi) is 8.40. The lowest BCUT2D eigenvalue weighted by Gasteiger charge is -2.27. The molecule has 0 heterocycles. The molecule has 0 fully saturated rings. The maximum atomic E-state index is 5.14. The Balaban J connectivity index is 3.60. The van der Waals surface area contributed by atoms with E-state index < -0.39 is 0 Å². The van der Waals surface area contributed by atoms with Crippen LogP contribution in [0.15, 0.2) is 0 Å². The van der Waals surface area contributed by atoms with Gasteiger partial charge in [-0.2, -0.15) is 0 Å². The fraction of sp³-hybridized carbons (Fsp3) is 1.00. The lowest BCUT2D eigenvalue weighted by Crippen LogP contribution is -2.37. The van der Waals surface area contributed by atoms with Crippen LogP contribution in [0.2, 0.25) is 0 Å². The van der Waals surface area contributed by atoms with Crippen LogP contribution in [0, 0.1) is 0 Å². The Morgan fingerprint density at radius 1 is 1.46 bits per heavy atom. The molecule has 0 amide bonds. The minimum atomic E-state index is 0.534. The summed E-state index contributed by atoms with van der Waals surface area (Å²) in [6, 6.07) is 0.534. The van der Waals surface area contributed by atoms with Crippen LogP contribution in [-0.2, 0) is 4.74 Å². The van der Waals surface area contributed by atoms with Gasteiger partial charge in [0.05, 0.1) is 6.61 Å². The van der Waals surface area contributed by atoms with E-state index in [9.17, 15) is 0 Å². The molecule has 0 spiro atoms. The second-order valence-electron chi connectivity index (χ2n) is 3.39. The summed E-state index contributed by atoms with van der Waals surface area (Å²) in [4.78, 5) is 2.45. The summed E-state index contributed by atoms with van der Waals surface area (Å²) in [5.74, 6) is 0. The van der Waals surface area contributed by atoms with Gasteiger partial charge in [0.15, 0.2) is 0 Å². The average molecular weight is 188 g/mol. The first-order chi connectivity index (χ1) is 6.26. The first-order valence-corrected chi connectivity index (χ1v) is 5.13. The van der Waals surface area contributed by atoms with E-state index in [1.54, 1.807) is 7.11 Å². The highest BCUT2D eigenvalue weighted by atomic mass is 16.5. The molecular formula is C10H24N2O. The zero-order valence-corrected chi connectivity index (χ0v) is 9.47. The van der Waals surface area contributed by atoms with E-state index in [4.69, 9.17) is 4.74 Å². The topological polar surface area (TPSA) is 24.5 Å². The van der Waals surface area contributed by atoms with Crippen molar-refractivity contribution in [1.82, 2.24) is 10.2 Å². The number of rotatable bonds is 8. The Morgan fingerprint density at radius 3 is 2.62 bits per heavy atom. The van der Waals surface area contributed by atoms with Crippen molar-refractivity contribution in [2.45, 2.75) is 26.3 Å². The lowest BCUT2D eigenvalue weighted by molar-refractivity contribution is 0.102. The zero-order chi connectivity index (χ0) is 10.1. The van der Waals surface area contributed by atoms with E-state index in [0.717, 1.165) is 26.2 Å². The van der Waals surface area contributed by atoms with E-state index in [0.29, 0.717) is 6.04 Å². The van der Waals surface area contributed by atoms with Gasteiger partial charge in [-0.1, -0.05) is 6.92 Å². The van der Waals surface area contributed by atoms with Crippen molar-refractivity contribution in [3.8, 4) is 0 Å². The van der Waals surface area contributed by atoms with Crippen molar-refractivity contribution in [1.29, 1.82) is 0 Å². The predicted molar refractivity (Wildman–Crippen MR) is 57.1 cm³/mol. The number of hydrogen-bond acceptors (Lipinski definition) is 3. The van der Waals surface area contributed by atoms with E-state index >= 15 is 0 Å². The molecule has 0 saturated carbocycles. The molecule has 80 valence electrons. The number of methoxy groups -OCH3 is 1. The number of likely N-dealkylation sites (N-methyl/N-ethyl adjacent to an activating group) is 1. The first-order valence-electron chi connectivity index (χ1n) is 5.13. The van der Waals surface area contributed by atoms with Gasteiger partial charge in [0.1, 0.15) is 0 Å². The SMILES string of the molecule is CCN(CCCNC)C(C)COC. The fourth-order valence-corrected chi connectivity index (χ4v) is 1.50. The van der Waals surface area contributed by atoms with Crippen molar-refractivity contribution in [2.24, 2.45) is 0 Å². The molecule has 0 aliphatic heterocycles. The zero-order valence-electron chi connectivity index (χ0n) is 9.47. The molecule has 0 aromatic carbocycles. The Labute approximate surface area is 82.4 Å². The Morgan fingerprint density at radius 2 is 2.15 bits per heavy atom. The molecule has 1 atom stereocenters. The molecule has 0 bridgehead atoms. The molecule has 0 saturated heterocycles. The summed E-state index contributed by atoms with van der Waals surface area (Å²) in [5.41, 5.74) is 0. The van der Waals surface area contributed by atoms with Crippen LogP contribution in [0.25, 0.3) is 0 Å². The molecule has 0 radical (unpaired) electrons. The van der Waals surface area contributed by atoms with Gasteiger partial charge in [-0.3, -0.25) is 4.90 Å². The van der Waals surface area contributed by atoms with Crippen LogP contribution in [0.4, 0.5) is 0 Å².